The van der Waals surface area contributed by atoms with E-state index in [0.29, 0.717) is 18.0 Å². The minimum Gasteiger partial charge on any atom is -0.493 e. The molecule has 0 saturated carbocycles. The van der Waals surface area contributed by atoms with Crippen molar-refractivity contribution in [3.8, 4) is 11.5 Å². The van der Waals surface area contributed by atoms with Crippen LogP contribution in [0.15, 0.2) is 18.2 Å². The summed E-state index contributed by atoms with van der Waals surface area (Å²) in [7, 11) is 1.51. The number of amides is 2. The van der Waals surface area contributed by atoms with E-state index in [1.165, 1.54) is 7.11 Å². The fraction of sp³-hybridized carbons (Fsp3) is 0.467. The van der Waals surface area contributed by atoms with Crippen molar-refractivity contribution in [3.05, 3.63) is 23.8 Å². The molecule has 1 saturated heterocycles. The monoisotopic (exact) mass is 307 g/mol. The van der Waals surface area contributed by atoms with Gasteiger partial charge < -0.3 is 25.8 Å². The third kappa shape index (κ3) is 4.36. The maximum Gasteiger partial charge on any atom is 0.255 e. The van der Waals surface area contributed by atoms with E-state index in [4.69, 9.17) is 15.2 Å². The number of carbonyl (C=O) groups is 2. The SMILES string of the molecule is COc1cc(CNC(=O)C2CCCN2)ccc1OCC(N)=O. The van der Waals surface area contributed by atoms with E-state index in [-0.39, 0.29) is 18.6 Å². The molecule has 4 N–H and O–H groups in total. The number of primary amides is 1. The predicted octanol–water partition coefficient (Wildman–Crippen LogP) is -0.0725. The van der Waals surface area contributed by atoms with Crippen LogP contribution >= 0.6 is 0 Å². The fourth-order valence-corrected chi connectivity index (χ4v) is 2.31. The Balaban J connectivity index is 1.93. The Morgan fingerprint density at radius 2 is 2.23 bits per heavy atom. The molecule has 7 heteroatoms. The lowest BCUT2D eigenvalue weighted by Crippen LogP contribution is -2.39. The molecule has 0 aliphatic carbocycles. The molecule has 0 bridgehead atoms. The maximum absolute atomic E-state index is 11.9. The molecule has 0 spiro atoms. The molecular formula is C15H21N3O4. The van der Waals surface area contributed by atoms with Gasteiger partial charge in [0.2, 0.25) is 5.91 Å². The molecule has 120 valence electrons. The molecule has 1 fully saturated rings. The van der Waals surface area contributed by atoms with Gasteiger partial charge in [0.05, 0.1) is 13.2 Å². The average molecular weight is 307 g/mol. The zero-order valence-electron chi connectivity index (χ0n) is 12.6. The van der Waals surface area contributed by atoms with Crippen molar-refractivity contribution in [2.75, 3.05) is 20.3 Å². The van der Waals surface area contributed by atoms with Gasteiger partial charge in [-0.25, -0.2) is 0 Å². The first-order chi connectivity index (χ1) is 10.6. The van der Waals surface area contributed by atoms with Crippen LogP contribution in [0.3, 0.4) is 0 Å². The second kappa shape index (κ2) is 7.65. The second-order valence-electron chi connectivity index (χ2n) is 5.11. The molecule has 0 radical (unpaired) electrons. The number of benzene rings is 1. The molecule has 1 aromatic carbocycles. The molecule has 1 heterocycles. The van der Waals surface area contributed by atoms with Gasteiger partial charge in [-0.15, -0.1) is 0 Å². The standard InChI is InChI=1S/C15H21N3O4/c1-21-13-7-10(4-5-12(13)22-9-14(16)19)8-18-15(20)11-3-2-6-17-11/h4-5,7,11,17H,2-3,6,8-9H2,1H3,(H2,16,19)(H,18,20). The van der Waals surface area contributed by atoms with Crippen molar-refractivity contribution in [3.63, 3.8) is 0 Å². The minimum atomic E-state index is -0.553. The molecule has 1 aliphatic heterocycles. The van der Waals surface area contributed by atoms with Gasteiger partial charge in [0.25, 0.3) is 5.91 Å². The summed E-state index contributed by atoms with van der Waals surface area (Å²) in [6.45, 7) is 1.08. The van der Waals surface area contributed by atoms with E-state index in [1.54, 1.807) is 18.2 Å². The Bertz CT molecular complexity index is 542. The molecule has 1 unspecified atom stereocenters. The lowest BCUT2D eigenvalue weighted by atomic mass is 10.1. The Morgan fingerprint density at radius 1 is 1.41 bits per heavy atom. The summed E-state index contributed by atoms with van der Waals surface area (Å²) < 4.78 is 10.5. The van der Waals surface area contributed by atoms with Crippen LogP contribution in [-0.2, 0) is 16.1 Å². The highest BCUT2D eigenvalue weighted by Crippen LogP contribution is 2.28. The number of ether oxygens (including phenoxy) is 2. The number of methoxy groups -OCH3 is 1. The summed E-state index contributed by atoms with van der Waals surface area (Å²) >= 11 is 0. The Hall–Kier alpha value is -2.28. The van der Waals surface area contributed by atoms with Crippen LogP contribution in [0, 0.1) is 0 Å². The fourth-order valence-electron chi connectivity index (χ4n) is 2.31. The van der Waals surface area contributed by atoms with Gasteiger partial charge in [0.1, 0.15) is 0 Å². The van der Waals surface area contributed by atoms with Gasteiger partial charge in [0.15, 0.2) is 18.1 Å². The first-order valence-corrected chi connectivity index (χ1v) is 7.19. The highest BCUT2D eigenvalue weighted by atomic mass is 16.5. The summed E-state index contributed by atoms with van der Waals surface area (Å²) in [5.41, 5.74) is 5.93. The van der Waals surface area contributed by atoms with E-state index >= 15 is 0 Å². The van der Waals surface area contributed by atoms with E-state index in [0.717, 1.165) is 24.9 Å². The number of nitrogens with two attached hydrogens (primary N) is 1. The number of carbonyl (C=O) groups excluding carboxylic acids is 2. The topological polar surface area (TPSA) is 103 Å². The maximum atomic E-state index is 11.9. The van der Waals surface area contributed by atoms with Crippen LogP contribution in [-0.4, -0.2) is 38.1 Å². The average Bonchev–Trinajstić information content (AvgIpc) is 3.05. The minimum absolute atomic E-state index is 0.00511. The molecule has 1 aromatic rings. The van der Waals surface area contributed by atoms with Gasteiger partial charge in [-0.05, 0) is 37.1 Å². The molecule has 2 rings (SSSR count). The van der Waals surface area contributed by atoms with E-state index in [2.05, 4.69) is 10.6 Å². The van der Waals surface area contributed by atoms with Crippen LogP contribution in [0.4, 0.5) is 0 Å². The van der Waals surface area contributed by atoms with Crippen molar-refractivity contribution in [2.45, 2.75) is 25.4 Å². The van der Waals surface area contributed by atoms with Crippen molar-refractivity contribution >= 4 is 11.8 Å². The Labute approximate surface area is 129 Å². The second-order valence-corrected chi connectivity index (χ2v) is 5.11. The number of rotatable bonds is 7. The van der Waals surface area contributed by atoms with E-state index in [1.807, 2.05) is 0 Å². The van der Waals surface area contributed by atoms with Gasteiger partial charge >= 0.3 is 0 Å². The molecule has 22 heavy (non-hydrogen) atoms. The third-order valence-corrected chi connectivity index (χ3v) is 3.44. The first-order valence-electron chi connectivity index (χ1n) is 7.19. The first kappa shape index (κ1) is 16.1. The van der Waals surface area contributed by atoms with E-state index in [9.17, 15) is 9.59 Å². The van der Waals surface area contributed by atoms with Crippen molar-refractivity contribution in [1.82, 2.24) is 10.6 Å². The van der Waals surface area contributed by atoms with Gasteiger partial charge in [-0.3, -0.25) is 9.59 Å². The lowest BCUT2D eigenvalue weighted by Gasteiger charge is -2.13. The molecule has 7 nitrogen and oxygen atoms in total. The van der Waals surface area contributed by atoms with Gasteiger partial charge in [0, 0.05) is 6.54 Å². The third-order valence-electron chi connectivity index (χ3n) is 3.44. The number of hydrogen-bond acceptors (Lipinski definition) is 5. The van der Waals surface area contributed by atoms with Gasteiger partial charge in [-0.2, -0.15) is 0 Å². The number of nitrogens with one attached hydrogen (secondary N) is 2. The van der Waals surface area contributed by atoms with Crippen molar-refractivity contribution in [2.24, 2.45) is 5.73 Å². The van der Waals surface area contributed by atoms with Crippen molar-refractivity contribution < 1.29 is 19.1 Å². The smallest absolute Gasteiger partial charge is 0.255 e. The van der Waals surface area contributed by atoms with Crippen LogP contribution in [0.25, 0.3) is 0 Å². The lowest BCUT2D eigenvalue weighted by molar-refractivity contribution is -0.123. The largest absolute Gasteiger partial charge is 0.493 e. The van der Waals surface area contributed by atoms with E-state index < -0.39 is 5.91 Å². The molecule has 1 atom stereocenters. The molecule has 1 aliphatic rings. The van der Waals surface area contributed by atoms with Gasteiger partial charge in [-0.1, -0.05) is 6.07 Å². The van der Waals surface area contributed by atoms with Crippen molar-refractivity contribution in [1.29, 1.82) is 0 Å². The highest BCUT2D eigenvalue weighted by molar-refractivity contribution is 5.82. The zero-order valence-corrected chi connectivity index (χ0v) is 12.6. The zero-order chi connectivity index (χ0) is 15.9. The number of hydrogen-bond donors (Lipinski definition) is 3. The summed E-state index contributed by atoms with van der Waals surface area (Å²) in [6.07, 6.45) is 1.90. The van der Waals surface area contributed by atoms with Crippen LogP contribution in [0.2, 0.25) is 0 Å². The normalized spacial score (nSPS) is 17.0. The predicted molar refractivity (Wildman–Crippen MR) is 80.6 cm³/mol. The highest BCUT2D eigenvalue weighted by Gasteiger charge is 2.21. The van der Waals surface area contributed by atoms with Crippen LogP contribution < -0.4 is 25.8 Å². The Kier molecular flexibility index (Phi) is 5.60. The van der Waals surface area contributed by atoms with Crippen LogP contribution in [0.1, 0.15) is 18.4 Å². The summed E-state index contributed by atoms with van der Waals surface area (Å²) in [4.78, 5) is 22.7. The molecule has 2 amide bonds. The summed E-state index contributed by atoms with van der Waals surface area (Å²) in [6, 6.07) is 5.16. The molecular weight excluding hydrogens is 286 g/mol. The summed E-state index contributed by atoms with van der Waals surface area (Å²) in [5.74, 6) is 0.383. The quantitative estimate of drug-likeness (QED) is 0.654. The Morgan fingerprint density at radius 3 is 2.86 bits per heavy atom. The molecule has 0 aromatic heterocycles. The van der Waals surface area contributed by atoms with Crippen LogP contribution in [0.5, 0.6) is 11.5 Å². The summed E-state index contributed by atoms with van der Waals surface area (Å²) in [5, 5.41) is 6.04.